The van der Waals surface area contributed by atoms with Crippen molar-refractivity contribution in [3.05, 3.63) is 30.9 Å². The number of hydrogen-bond acceptors (Lipinski definition) is 3. The van der Waals surface area contributed by atoms with Gasteiger partial charge in [0, 0.05) is 12.6 Å². The maximum atomic E-state index is 11.1. The average molecular weight is 376 g/mol. The average Bonchev–Trinajstić information content (AvgIpc) is 3.11. The Bertz CT molecular complexity index is 590. The molecule has 0 radical (unpaired) electrons. The molecule has 0 bridgehead atoms. The van der Waals surface area contributed by atoms with Crippen LogP contribution in [-0.4, -0.2) is 26.7 Å². The first-order valence-electron chi connectivity index (χ1n) is 10.5. The zero-order valence-corrected chi connectivity index (χ0v) is 17.0. The molecule has 5 nitrogen and oxygen atoms in total. The number of allylic oxidation sites excluding steroid dienone is 1. The van der Waals surface area contributed by atoms with Crippen molar-refractivity contribution >= 4 is 5.91 Å². The van der Waals surface area contributed by atoms with E-state index in [1.54, 1.807) is 0 Å². The maximum absolute atomic E-state index is 11.1. The first-order valence-corrected chi connectivity index (χ1v) is 10.5. The van der Waals surface area contributed by atoms with Crippen LogP contribution < -0.4 is 5.73 Å². The molecule has 1 heterocycles. The first kappa shape index (κ1) is 21.7. The Morgan fingerprint density at radius 1 is 1.41 bits per heavy atom. The highest BCUT2D eigenvalue weighted by molar-refractivity contribution is 5.73. The summed E-state index contributed by atoms with van der Waals surface area (Å²) in [6.07, 6.45) is 14.3. The van der Waals surface area contributed by atoms with E-state index in [9.17, 15) is 9.90 Å². The summed E-state index contributed by atoms with van der Waals surface area (Å²) < 4.78 is 2.07. The lowest BCUT2D eigenvalue weighted by atomic mass is 9.81. The molecule has 152 valence electrons. The van der Waals surface area contributed by atoms with Gasteiger partial charge in [-0.15, -0.1) is 6.58 Å². The summed E-state index contributed by atoms with van der Waals surface area (Å²) in [5.41, 5.74) is 6.11. The van der Waals surface area contributed by atoms with Crippen LogP contribution in [0.1, 0.15) is 76.9 Å². The lowest BCUT2D eigenvalue weighted by molar-refractivity contribution is -0.118. The summed E-state index contributed by atoms with van der Waals surface area (Å²) in [4.78, 5) is 15.5. The fourth-order valence-electron chi connectivity index (χ4n) is 4.26. The monoisotopic (exact) mass is 375 g/mol. The molecule has 1 aromatic rings. The molecule has 0 aromatic carbocycles. The number of nitrogens with two attached hydrogens (primary N) is 1. The van der Waals surface area contributed by atoms with E-state index < -0.39 is 6.10 Å². The molecule has 2 rings (SSSR count). The van der Waals surface area contributed by atoms with E-state index in [1.807, 2.05) is 18.6 Å². The molecule has 5 heteroatoms. The van der Waals surface area contributed by atoms with Gasteiger partial charge in [0.25, 0.3) is 0 Å². The Balaban J connectivity index is 2.12. The van der Waals surface area contributed by atoms with Crippen molar-refractivity contribution in [2.24, 2.45) is 23.5 Å². The lowest BCUT2D eigenvalue weighted by Gasteiger charge is -2.32. The smallest absolute Gasteiger partial charge is 0.217 e. The normalized spacial score (nSPS) is 19.0. The van der Waals surface area contributed by atoms with E-state index >= 15 is 0 Å². The predicted molar refractivity (Wildman–Crippen MR) is 109 cm³/mol. The molecule has 0 saturated heterocycles. The topological polar surface area (TPSA) is 81.1 Å². The Hall–Kier alpha value is -1.62. The highest BCUT2D eigenvalue weighted by atomic mass is 16.3. The van der Waals surface area contributed by atoms with Gasteiger partial charge in [-0.2, -0.15) is 0 Å². The van der Waals surface area contributed by atoms with Gasteiger partial charge in [-0.05, 0) is 37.0 Å². The first-order chi connectivity index (χ1) is 12.9. The van der Waals surface area contributed by atoms with Gasteiger partial charge in [0.2, 0.25) is 5.91 Å². The van der Waals surface area contributed by atoms with Gasteiger partial charge in [0.15, 0.2) is 0 Å². The van der Waals surface area contributed by atoms with Crippen molar-refractivity contribution in [1.29, 1.82) is 0 Å². The SMILES string of the molecule is C=C[C@@H](C[C@@H](O)[C@H](CC1CCCCC1)n1cnc(CCC(N)=O)c1)C(C)C. The number of rotatable bonds is 11. The largest absolute Gasteiger partial charge is 0.391 e. The molecule has 3 atom stereocenters. The van der Waals surface area contributed by atoms with Gasteiger partial charge in [-0.25, -0.2) is 4.98 Å². The van der Waals surface area contributed by atoms with Crippen LogP contribution in [0.25, 0.3) is 0 Å². The Morgan fingerprint density at radius 3 is 2.70 bits per heavy atom. The summed E-state index contributed by atoms with van der Waals surface area (Å²) in [5.74, 6) is 1.11. The van der Waals surface area contributed by atoms with Crippen LogP contribution in [0.5, 0.6) is 0 Å². The highest BCUT2D eigenvalue weighted by Crippen LogP contribution is 2.34. The minimum absolute atomic E-state index is 0.0177. The summed E-state index contributed by atoms with van der Waals surface area (Å²) >= 11 is 0. The minimum atomic E-state index is -0.435. The van der Waals surface area contributed by atoms with Crippen molar-refractivity contribution < 1.29 is 9.90 Å². The number of aromatic nitrogens is 2. The van der Waals surface area contributed by atoms with Crippen LogP contribution >= 0.6 is 0 Å². The van der Waals surface area contributed by atoms with Gasteiger partial charge in [0.05, 0.1) is 24.2 Å². The number of imidazole rings is 1. The molecule has 0 unspecified atom stereocenters. The van der Waals surface area contributed by atoms with Gasteiger partial charge < -0.3 is 15.4 Å². The van der Waals surface area contributed by atoms with Crippen LogP contribution in [0.4, 0.5) is 0 Å². The van der Waals surface area contributed by atoms with Crippen LogP contribution in [0.2, 0.25) is 0 Å². The van der Waals surface area contributed by atoms with Crippen molar-refractivity contribution in [3.63, 3.8) is 0 Å². The Morgan fingerprint density at radius 2 is 2.11 bits per heavy atom. The fraction of sp³-hybridized carbons (Fsp3) is 0.727. The zero-order valence-electron chi connectivity index (χ0n) is 17.0. The number of amides is 1. The van der Waals surface area contributed by atoms with Crippen LogP contribution in [0, 0.1) is 17.8 Å². The van der Waals surface area contributed by atoms with Crippen LogP contribution in [0.15, 0.2) is 25.2 Å². The van der Waals surface area contributed by atoms with Crippen LogP contribution in [-0.2, 0) is 11.2 Å². The van der Waals surface area contributed by atoms with Crippen LogP contribution in [0.3, 0.4) is 0 Å². The molecule has 0 spiro atoms. The van der Waals surface area contributed by atoms with E-state index in [-0.39, 0.29) is 11.9 Å². The number of nitrogens with zero attached hydrogens (tertiary/aromatic N) is 2. The second-order valence-corrected chi connectivity index (χ2v) is 8.53. The fourth-order valence-corrected chi connectivity index (χ4v) is 4.26. The predicted octanol–water partition coefficient (Wildman–Crippen LogP) is 4.02. The van der Waals surface area contributed by atoms with E-state index in [2.05, 4.69) is 30.0 Å². The number of hydrogen-bond donors (Lipinski definition) is 2. The Kier molecular flexibility index (Phi) is 8.55. The molecular weight excluding hydrogens is 338 g/mol. The van der Waals surface area contributed by atoms with Gasteiger partial charge in [-0.3, -0.25) is 4.79 Å². The second-order valence-electron chi connectivity index (χ2n) is 8.53. The third kappa shape index (κ3) is 6.80. The van der Waals surface area contributed by atoms with E-state index in [1.165, 1.54) is 32.1 Å². The van der Waals surface area contributed by atoms with E-state index in [4.69, 9.17) is 5.73 Å². The third-order valence-corrected chi connectivity index (χ3v) is 6.08. The van der Waals surface area contributed by atoms with E-state index in [0.717, 1.165) is 12.1 Å². The maximum Gasteiger partial charge on any atom is 0.217 e. The van der Waals surface area contributed by atoms with Gasteiger partial charge >= 0.3 is 0 Å². The van der Waals surface area contributed by atoms with E-state index in [0.29, 0.717) is 37.0 Å². The molecule has 0 aliphatic heterocycles. The standard InChI is InChI=1S/C22H37N3O2/c1-4-18(16(2)3)13-21(26)20(12-17-8-6-5-7-9-17)25-14-19(24-15-25)10-11-22(23)27/h4,14-18,20-21,26H,1,5-13H2,2-3H3,(H2,23,27)/t18-,20-,21+/m0/s1. The highest BCUT2D eigenvalue weighted by Gasteiger charge is 2.28. The third-order valence-electron chi connectivity index (χ3n) is 6.08. The summed E-state index contributed by atoms with van der Waals surface area (Å²) in [5, 5.41) is 11.1. The molecule has 1 aromatic heterocycles. The second kappa shape index (κ2) is 10.6. The summed E-state index contributed by atoms with van der Waals surface area (Å²) in [7, 11) is 0. The van der Waals surface area contributed by atoms with Crippen molar-refractivity contribution in [3.8, 4) is 0 Å². The van der Waals surface area contributed by atoms with Gasteiger partial charge in [-0.1, -0.05) is 52.0 Å². The number of primary amides is 1. The molecule has 1 aliphatic carbocycles. The number of aliphatic hydroxyl groups is 1. The lowest BCUT2D eigenvalue weighted by Crippen LogP contribution is -2.29. The molecule has 3 N–H and O–H groups in total. The molecule has 1 aliphatic rings. The molecular formula is C22H37N3O2. The summed E-state index contributed by atoms with van der Waals surface area (Å²) in [6.45, 7) is 8.30. The number of aliphatic hydroxyl groups excluding tert-OH is 1. The molecule has 1 saturated carbocycles. The molecule has 1 amide bonds. The minimum Gasteiger partial charge on any atom is -0.391 e. The van der Waals surface area contributed by atoms with Crippen molar-refractivity contribution in [1.82, 2.24) is 9.55 Å². The molecule has 1 fully saturated rings. The number of aryl methyl sites for hydroxylation is 1. The van der Waals surface area contributed by atoms with Crippen molar-refractivity contribution in [2.75, 3.05) is 0 Å². The van der Waals surface area contributed by atoms with Crippen molar-refractivity contribution in [2.45, 2.75) is 83.8 Å². The number of carbonyl (C=O) groups excluding carboxylic acids is 1. The van der Waals surface area contributed by atoms with Gasteiger partial charge in [0.1, 0.15) is 0 Å². The molecule has 27 heavy (non-hydrogen) atoms. The number of carbonyl (C=O) groups is 1. The quantitative estimate of drug-likeness (QED) is 0.573. The zero-order chi connectivity index (χ0) is 19.8. The Labute approximate surface area is 164 Å². The summed E-state index contributed by atoms with van der Waals surface area (Å²) in [6, 6.07) is 0.0177.